The van der Waals surface area contributed by atoms with E-state index in [4.69, 9.17) is 139 Å². The predicted octanol–water partition coefficient (Wildman–Crippen LogP) is 7.91. The third kappa shape index (κ3) is 6.21. The second-order valence-electron chi connectivity index (χ2n) is 8.06. The molecule has 0 radical (unpaired) electrons. The van der Waals surface area contributed by atoms with Crippen molar-refractivity contribution in [2.24, 2.45) is 0 Å². The van der Waals surface area contributed by atoms with Crippen molar-refractivity contribution >= 4 is 167 Å². The molecule has 0 fully saturated rings. The van der Waals surface area contributed by atoms with Gasteiger partial charge in [0.15, 0.2) is 0 Å². The van der Waals surface area contributed by atoms with Crippen LogP contribution in [0, 0.1) is 0 Å². The van der Waals surface area contributed by atoms with Crippen LogP contribution in [0.25, 0.3) is 0 Å². The van der Waals surface area contributed by atoms with Crippen LogP contribution in [-0.4, -0.2) is 6.15 Å². The third-order valence-corrected chi connectivity index (χ3v) is 10.8. The van der Waals surface area contributed by atoms with Gasteiger partial charge < -0.3 is 0 Å². The summed E-state index contributed by atoms with van der Waals surface area (Å²) in [5, 5.41) is 2.23. The average molecular weight is 756 g/mol. The molecule has 0 aliphatic rings. The first-order valence-electron chi connectivity index (χ1n) is 10.0. The third-order valence-electron chi connectivity index (χ3n) is 6.02. The molecule has 4 aromatic carbocycles. The topological polar surface area (TPSA) is 0 Å². The molecule has 0 amide bonds. The van der Waals surface area contributed by atoms with Gasteiger partial charge in [-0.3, -0.25) is 0 Å². The molecule has 14 heteroatoms. The maximum Gasteiger partial charge on any atom is 1.00 e. The van der Waals surface area contributed by atoms with Gasteiger partial charge in [0.1, 0.15) is 6.15 Å². The van der Waals surface area contributed by atoms with Gasteiger partial charge in [-0.05, 0) is 0 Å². The van der Waals surface area contributed by atoms with E-state index < -0.39 is 6.15 Å². The first-order chi connectivity index (χ1) is 17.3. The standard InChI is InChI=1S/C24H8BCl12.Na/c26-13-1-9(2-14(27)21(13)34)25(10-3-15(28)22(35)16(29)4-10,11-5-17(30)23(36)18(31)6-11)12-7-19(32)24(37)20(33)8-12;/h1-8H;/q-1;+1. The van der Waals surface area contributed by atoms with Crippen molar-refractivity contribution in [3.05, 3.63) is 109 Å². The molecule has 0 atom stereocenters. The van der Waals surface area contributed by atoms with Gasteiger partial charge in [-0.1, -0.05) is 188 Å². The van der Waals surface area contributed by atoms with Crippen LogP contribution in [0.1, 0.15) is 0 Å². The van der Waals surface area contributed by atoms with Crippen molar-refractivity contribution in [1.29, 1.82) is 0 Å². The summed E-state index contributed by atoms with van der Waals surface area (Å²) in [5.74, 6) is 0. The molecule has 0 saturated heterocycles. The van der Waals surface area contributed by atoms with Crippen LogP contribution in [0.2, 0.25) is 60.3 Å². The van der Waals surface area contributed by atoms with E-state index in [1.54, 1.807) is 48.5 Å². The summed E-state index contributed by atoms with van der Waals surface area (Å²) >= 11 is 77.5. The largest absolute Gasteiger partial charge is 1.00 e. The summed E-state index contributed by atoms with van der Waals surface area (Å²) in [6, 6.07) is 13.3. The Labute approximate surface area is 301 Å². The molecular formula is C24H8BCl12Na. The minimum Gasteiger partial charge on any atom is -0.192 e. The molecule has 0 saturated carbocycles. The maximum absolute atomic E-state index is 6.52. The molecular weight excluding hydrogens is 748 g/mol. The van der Waals surface area contributed by atoms with Crippen LogP contribution in [0.4, 0.5) is 0 Å². The Hall–Kier alpha value is 1.42. The Balaban J connectivity index is 0.00000400. The normalized spacial score (nSPS) is 11.5. The summed E-state index contributed by atoms with van der Waals surface area (Å²) < 4.78 is 0. The van der Waals surface area contributed by atoms with E-state index in [0.717, 1.165) is 0 Å². The summed E-state index contributed by atoms with van der Waals surface area (Å²) in [6.07, 6.45) is -2.34. The SMILES string of the molecule is Clc1cc([B-](c2cc(Cl)c(Cl)c(Cl)c2)(c2cc(Cl)c(Cl)c(Cl)c2)c2cc(Cl)c(Cl)c(Cl)c2)cc(Cl)c1Cl.[Na+]. The van der Waals surface area contributed by atoms with Crippen molar-refractivity contribution in [2.45, 2.75) is 0 Å². The Morgan fingerprint density at radius 1 is 0.289 bits per heavy atom. The van der Waals surface area contributed by atoms with Crippen molar-refractivity contribution in [3.63, 3.8) is 0 Å². The van der Waals surface area contributed by atoms with E-state index in [1.165, 1.54) is 0 Å². The second kappa shape index (κ2) is 13.4. The Bertz CT molecular complexity index is 1240. The second-order valence-corrected chi connectivity index (χ2v) is 12.8. The maximum atomic E-state index is 6.52. The van der Waals surface area contributed by atoms with E-state index in [0.29, 0.717) is 21.9 Å². The molecule has 0 unspecified atom stereocenters. The van der Waals surface area contributed by atoms with Gasteiger partial charge in [0.25, 0.3) is 0 Å². The Morgan fingerprint density at radius 2 is 0.421 bits per heavy atom. The molecule has 0 bridgehead atoms. The van der Waals surface area contributed by atoms with Crippen LogP contribution in [0.3, 0.4) is 0 Å². The fourth-order valence-electron chi connectivity index (χ4n) is 4.46. The Kier molecular flexibility index (Phi) is 11.9. The van der Waals surface area contributed by atoms with Gasteiger partial charge in [-0.2, -0.15) is 21.9 Å². The van der Waals surface area contributed by atoms with Gasteiger partial charge in [0, 0.05) is 0 Å². The zero-order valence-electron chi connectivity index (χ0n) is 18.7. The van der Waals surface area contributed by atoms with Gasteiger partial charge in [-0.25, -0.2) is 0 Å². The van der Waals surface area contributed by atoms with Crippen LogP contribution in [0.15, 0.2) is 48.5 Å². The predicted molar refractivity (Wildman–Crippen MR) is 170 cm³/mol. The molecule has 0 N–H and O–H groups in total. The molecule has 192 valence electrons. The number of halogens is 12. The van der Waals surface area contributed by atoms with E-state index >= 15 is 0 Å². The van der Waals surface area contributed by atoms with Crippen LogP contribution >= 0.6 is 139 Å². The minimum atomic E-state index is -2.34. The molecule has 38 heavy (non-hydrogen) atoms. The van der Waals surface area contributed by atoms with Crippen LogP contribution in [-0.2, 0) is 0 Å². The van der Waals surface area contributed by atoms with E-state index in [2.05, 4.69) is 0 Å². The zero-order chi connectivity index (χ0) is 27.4. The summed E-state index contributed by atoms with van der Waals surface area (Å²) in [6.45, 7) is 0. The van der Waals surface area contributed by atoms with Gasteiger partial charge >= 0.3 is 29.6 Å². The quantitative estimate of drug-likeness (QED) is 0.147. The Morgan fingerprint density at radius 3 is 0.553 bits per heavy atom. The van der Waals surface area contributed by atoms with Gasteiger partial charge in [0.2, 0.25) is 0 Å². The van der Waals surface area contributed by atoms with Crippen molar-refractivity contribution in [1.82, 2.24) is 0 Å². The first kappa shape index (κ1) is 33.9. The fraction of sp³-hybridized carbons (Fsp3) is 0. The molecule has 4 rings (SSSR count). The van der Waals surface area contributed by atoms with Crippen LogP contribution in [0.5, 0.6) is 0 Å². The van der Waals surface area contributed by atoms with E-state index in [9.17, 15) is 0 Å². The average Bonchev–Trinajstić information content (AvgIpc) is 2.83. The summed E-state index contributed by atoms with van der Waals surface area (Å²) in [4.78, 5) is 0. The molecule has 0 aliphatic carbocycles. The van der Waals surface area contributed by atoms with Crippen molar-refractivity contribution in [2.75, 3.05) is 0 Å². The monoisotopic (exact) mass is 750 g/mol. The van der Waals surface area contributed by atoms with Gasteiger partial charge in [-0.15, -0.1) is 0 Å². The smallest absolute Gasteiger partial charge is 0.192 e. The molecule has 0 aliphatic heterocycles. The molecule has 4 aromatic rings. The first-order valence-corrected chi connectivity index (χ1v) is 14.6. The van der Waals surface area contributed by atoms with Gasteiger partial charge in [0.05, 0.1) is 60.3 Å². The molecule has 0 spiro atoms. The molecule has 0 aromatic heterocycles. The number of rotatable bonds is 4. The van der Waals surface area contributed by atoms with E-state index in [1.807, 2.05) is 0 Å². The summed E-state index contributed by atoms with van der Waals surface area (Å²) in [7, 11) is 0. The molecule has 0 nitrogen and oxygen atoms in total. The van der Waals surface area contributed by atoms with Crippen molar-refractivity contribution in [3.8, 4) is 0 Å². The number of hydrogen-bond acceptors (Lipinski definition) is 0. The minimum absolute atomic E-state index is 0. The number of benzene rings is 4. The number of hydrogen-bond donors (Lipinski definition) is 0. The summed E-state index contributed by atoms with van der Waals surface area (Å²) in [5.41, 5.74) is 2.33. The zero-order valence-corrected chi connectivity index (χ0v) is 29.8. The molecule has 0 heterocycles. The van der Waals surface area contributed by atoms with Crippen molar-refractivity contribution < 1.29 is 29.6 Å². The fourth-order valence-corrected chi connectivity index (χ4v) is 6.91. The van der Waals surface area contributed by atoms with Crippen LogP contribution < -0.4 is 51.4 Å². The van der Waals surface area contributed by atoms with E-state index in [-0.39, 0.29) is 89.8 Å².